The van der Waals surface area contributed by atoms with Crippen LogP contribution in [0.3, 0.4) is 0 Å². The van der Waals surface area contributed by atoms with Crippen molar-refractivity contribution in [3.05, 3.63) is 47.0 Å². The molecule has 0 radical (unpaired) electrons. The van der Waals surface area contributed by atoms with Crippen LogP contribution in [-0.4, -0.2) is 62.1 Å². The van der Waals surface area contributed by atoms with Gasteiger partial charge in [0.15, 0.2) is 0 Å². The predicted molar refractivity (Wildman–Crippen MR) is 147 cm³/mol. The van der Waals surface area contributed by atoms with Crippen LogP contribution in [0.15, 0.2) is 46.5 Å². The SMILES string of the molecule is CC(C)OCC(NC(=O)N1CC2=C(CN=C2NC(=O)C2([Si](C)(C)C)CCC2)C1(C)C)c1ccccc1. The highest BCUT2D eigenvalue weighted by atomic mass is 28.3. The molecule has 1 aromatic rings. The van der Waals surface area contributed by atoms with Crippen LogP contribution in [0.4, 0.5) is 4.79 Å². The van der Waals surface area contributed by atoms with Gasteiger partial charge in [0.1, 0.15) is 5.84 Å². The average Bonchev–Trinajstić information content (AvgIpc) is 3.27. The first-order valence-corrected chi connectivity index (χ1v) is 16.7. The predicted octanol–water partition coefficient (Wildman–Crippen LogP) is 5.04. The molecule has 2 aliphatic heterocycles. The number of benzene rings is 1. The molecule has 1 fully saturated rings. The number of rotatable bonds is 7. The fourth-order valence-electron chi connectivity index (χ4n) is 5.68. The summed E-state index contributed by atoms with van der Waals surface area (Å²) >= 11 is 0. The molecule has 2 heterocycles. The Morgan fingerprint density at radius 1 is 1.14 bits per heavy atom. The number of urea groups is 1. The van der Waals surface area contributed by atoms with E-state index in [0.717, 1.165) is 36.0 Å². The number of nitrogens with zero attached hydrogens (tertiary/aromatic N) is 2. The molecule has 4 rings (SSSR count). The summed E-state index contributed by atoms with van der Waals surface area (Å²) in [4.78, 5) is 33.6. The molecule has 0 saturated heterocycles. The molecule has 36 heavy (non-hydrogen) atoms. The van der Waals surface area contributed by atoms with Crippen molar-refractivity contribution >= 4 is 25.8 Å². The van der Waals surface area contributed by atoms with Crippen LogP contribution in [-0.2, 0) is 9.53 Å². The van der Waals surface area contributed by atoms with Gasteiger partial charge in [-0.05, 0) is 51.7 Å². The Labute approximate surface area is 216 Å². The van der Waals surface area contributed by atoms with E-state index in [0.29, 0.717) is 25.5 Å². The van der Waals surface area contributed by atoms with E-state index in [1.165, 1.54) is 0 Å². The fourth-order valence-corrected chi connectivity index (χ4v) is 8.28. The van der Waals surface area contributed by atoms with Gasteiger partial charge in [0.05, 0.1) is 45.5 Å². The van der Waals surface area contributed by atoms with Crippen LogP contribution in [0.2, 0.25) is 24.7 Å². The third-order valence-corrected chi connectivity index (χ3v) is 12.0. The number of carbonyl (C=O) groups is 2. The third-order valence-electron chi connectivity index (χ3n) is 8.43. The highest BCUT2D eigenvalue weighted by Crippen LogP contribution is 2.55. The van der Waals surface area contributed by atoms with Gasteiger partial charge < -0.3 is 20.3 Å². The zero-order valence-electron chi connectivity index (χ0n) is 22.9. The number of carbonyl (C=O) groups excluding carboxylic acids is 2. The zero-order chi connectivity index (χ0) is 26.3. The molecule has 0 aromatic heterocycles. The molecule has 1 aromatic carbocycles. The van der Waals surface area contributed by atoms with Gasteiger partial charge in [0.25, 0.3) is 0 Å². The molecule has 196 valence electrons. The number of aliphatic imine (C=N–C) groups is 1. The van der Waals surface area contributed by atoms with Gasteiger partial charge in [-0.1, -0.05) is 56.4 Å². The number of nitrogens with one attached hydrogen (secondary N) is 2. The highest BCUT2D eigenvalue weighted by Gasteiger charge is 2.54. The molecule has 0 bridgehead atoms. The lowest BCUT2D eigenvalue weighted by atomic mass is 9.83. The normalized spacial score (nSPS) is 21.1. The molecule has 1 saturated carbocycles. The summed E-state index contributed by atoms with van der Waals surface area (Å²) in [5.74, 6) is 0.779. The first-order chi connectivity index (χ1) is 16.9. The first kappa shape index (κ1) is 26.6. The van der Waals surface area contributed by atoms with Crippen molar-refractivity contribution in [1.82, 2.24) is 15.5 Å². The first-order valence-electron chi connectivity index (χ1n) is 13.2. The molecule has 8 heteroatoms. The van der Waals surface area contributed by atoms with E-state index >= 15 is 0 Å². The quantitative estimate of drug-likeness (QED) is 0.504. The number of amides is 3. The summed E-state index contributed by atoms with van der Waals surface area (Å²) in [6, 6.07) is 9.54. The lowest BCUT2D eigenvalue weighted by molar-refractivity contribution is -0.125. The van der Waals surface area contributed by atoms with Crippen molar-refractivity contribution in [3.63, 3.8) is 0 Å². The van der Waals surface area contributed by atoms with Crippen molar-refractivity contribution in [1.29, 1.82) is 0 Å². The second kappa shape index (κ2) is 9.78. The molecule has 7 nitrogen and oxygen atoms in total. The van der Waals surface area contributed by atoms with E-state index in [-0.39, 0.29) is 29.1 Å². The average molecular weight is 511 g/mol. The summed E-state index contributed by atoms with van der Waals surface area (Å²) < 4.78 is 5.88. The Morgan fingerprint density at radius 2 is 1.81 bits per heavy atom. The third kappa shape index (κ3) is 4.77. The van der Waals surface area contributed by atoms with Gasteiger partial charge in [-0.15, -0.1) is 0 Å². The zero-order valence-corrected chi connectivity index (χ0v) is 23.9. The Kier molecular flexibility index (Phi) is 7.23. The smallest absolute Gasteiger partial charge is 0.318 e. The molecule has 1 atom stereocenters. The van der Waals surface area contributed by atoms with Gasteiger partial charge in [-0.25, -0.2) is 4.79 Å². The topological polar surface area (TPSA) is 83.0 Å². The number of hydrogen-bond donors (Lipinski definition) is 2. The molecule has 0 spiro atoms. The van der Waals surface area contributed by atoms with E-state index in [1.54, 1.807) is 0 Å². The lowest BCUT2D eigenvalue weighted by Crippen LogP contribution is -2.55. The van der Waals surface area contributed by atoms with Crippen LogP contribution in [0.1, 0.15) is 58.6 Å². The number of hydrogen-bond acceptors (Lipinski definition) is 4. The van der Waals surface area contributed by atoms with Gasteiger partial charge in [-0.2, -0.15) is 0 Å². The summed E-state index contributed by atoms with van der Waals surface area (Å²) in [7, 11) is -1.69. The van der Waals surface area contributed by atoms with E-state index in [4.69, 9.17) is 9.73 Å². The van der Waals surface area contributed by atoms with Crippen molar-refractivity contribution in [3.8, 4) is 0 Å². The Balaban J connectivity index is 1.48. The number of ether oxygens (including phenoxy) is 1. The van der Waals surface area contributed by atoms with E-state index in [1.807, 2.05) is 49.1 Å². The Hall–Kier alpha value is -2.45. The lowest BCUT2D eigenvalue weighted by Gasteiger charge is -2.49. The maximum absolute atomic E-state index is 13.6. The highest BCUT2D eigenvalue weighted by molar-refractivity contribution is 6.82. The molecule has 2 N–H and O–H groups in total. The van der Waals surface area contributed by atoms with Crippen LogP contribution in [0.5, 0.6) is 0 Å². The standard InChI is InChI=1S/C28H42N4O3Si/c1-19(2)35-18-23(20-12-9-8-10-13-20)30-26(34)32-17-21-22(27(32,3)4)16-29-24(21)31-25(33)28(14-11-15-28)36(5,6)7/h8-10,12-13,19,23H,11,14-18H2,1-7H3,(H,30,34)(H,29,31,33). The summed E-state index contributed by atoms with van der Waals surface area (Å²) in [5.41, 5.74) is 2.61. The minimum absolute atomic E-state index is 0.0688. The monoisotopic (exact) mass is 510 g/mol. The fraction of sp³-hybridized carbons (Fsp3) is 0.607. The number of amidine groups is 1. The van der Waals surface area contributed by atoms with Crippen LogP contribution in [0.25, 0.3) is 0 Å². The van der Waals surface area contributed by atoms with Crippen molar-refractivity contribution in [2.45, 2.75) is 89.3 Å². The van der Waals surface area contributed by atoms with Crippen LogP contribution in [0, 0.1) is 0 Å². The molecular formula is C28H42N4O3Si. The maximum Gasteiger partial charge on any atom is 0.318 e. The molecule has 3 amide bonds. The summed E-state index contributed by atoms with van der Waals surface area (Å²) in [6.07, 6.45) is 3.11. The second-order valence-electron chi connectivity index (χ2n) is 12.2. The van der Waals surface area contributed by atoms with Gasteiger partial charge >= 0.3 is 6.03 Å². The van der Waals surface area contributed by atoms with Gasteiger partial charge in [0, 0.05) is 10.6 Å². The van der Waals surface area contributed by atoms with Crippen LogP contribution < -0.4 is 10.6 Å². The second-order valence-corrected chi connectivity index (χ2v) is 17.7. The minimum atomic E-state index is -1.69. The van der Waals surface area contributed by atoms with Crippen molar-refractivity contribution < 1.29 is 14.3 Å². The van der Waals surface area contributed by atoms with E-state index < -0.39 is 13.6 Å². The van der Waals surface area contributed by atoms with Crippen LogP contribution >= 0.6 is 0 Å². The van der Waals surface area contributed by atoms with Crippen molar-refractivity contribution in [2.75, 3.05) is 19.7 Å². The Bertz CT molecular complexity index is 1070. The Morgan fingerprint density at radius 3 is 2.36 bits per heavy atom. The van der Waals surface area contributed by atoms with Gasteiger partial charge in [0.2, 0.25) is 5.91 Å². The van der Waals surface area contributed by atoms with Gasteiger partial charge in [-0.3, -0.25) is 9.79 Å². The minimum Gasteiger partial charge on any atom is -0.376 e. The van der Waals surface area contributed by atoms with E-state index in [9.17, 15) is 9.59 Å². The summed E-state index contributed by atoms with van der Waals surface area (Å²) in [5, 5.41) is 6.19. The molecule has 1 unspecified atom stereocenters. The van der Waals surface area contributed by atoms with Crippen molar-refractivity contribution in [2.24, 2.45) is 4.99 Å². The van der Waals surface area contributed by atoms with E-state index in [2.05, 4.69) is 44.1 Å². The maximum atomic E-state index is 13.6. The molecular weight excluding hydrogens is 468 g/mol. The molecule has 1 aliphatic carbocycles. The largest absolute Gasteiger partial charge is 0.376 e. The summed E-state index contributed by atoms with van der Waals surface area (Å²) in [6.45, 7) is 16.3. The molecule has 3 aliphatic rings.